The van der Waals surface area contributed by atoms with Crippen molar-refractivity contribution < 1.29 is 4.74 Å². The van der Waals surface area contributed by atoms with Gasteiger partial charge < -0.3 is 19.9 Å². The zero-order valence-corrected chi connectivity index (χ0v) is 15.3. The molecule has 1 aromatic heterocycles. The number of hydrogen-bond acceptors (Lipinski definition) is 6. The monoisotopic (exact) mass is 341 g/mol. The Balaban J connectivity index is 1.58. The van der Waals surface area contributed by atoms with Crippen molar-refractivity contribution in [2.24, 2.45) is 0 Å². The Morgan fingerprint density at radius 3 is 2.48 bits per heavy atom. The highest BCUT2D eigenvalue weighted by Crippen LogP contribution is 2.16. The predicted molar refractivity (Wildman–Crippen MR) is 102 cm³/mol. The quantitative estimate of drug-likeness (QED) is 0.869. The normalized spacial score (nSPS) is 15.2. The molecule has 0 radical (unpaired) electrons. The van der Waals surface area contributed by atoms with Gasteiger partial charge in [0, 0.05) is 44.5 Å². The molecule has 0 atom stereocenters. The third kappa shape index (κ3) is 4.82. The molecule has 1 aliphatic rings. The summed E-state index contributed by atoms with van der Waals surface area (Å²) in [4.78, 5) is 13.9. The fourth-order valence-electron chi connectivity index (χ4n) is 2.92. The van der Waals surface area contributed by atoms with E-state index in [1.54, 1.807) is 7.11 Å². The molecule has 134 valence electrons. The van der Waals surface area contributed by atoms with E-state index >= 15 is 0 Å². The Labute approximate surface area is 149 Å². The number of aryl methyl sites for hydroxylation is 1. The molecule has 0 bridgehead atoms. The van der Waals surface area contributed by atoms with Crippen molar-refractivity contribution in [3.8, 4) is 5.75 Å². The number of piperazine rings is 1. The average Bonchev–Trinajstić information content (AvgIpc) is 2.62. The van der Waals surface area contributed by atoms with Gasteiger partial charge in [0.05, 0.1) is 7.11 Å². The number of ether oxygens (including phenoxy) is 1. The molecule has 0 unspecified atom stereocenters. The summed E-state index contributed by atoms with van der Waals surface area (Å²) in [5, 5.41) is 3.43. The number of rotatable bonds is 6. The number of anilines is 2. The maximum atomic E-state index is 5.19. The van der Waals surface area contributed by atoms with Crippen molar-refractivity contribution in [3.05, 3.63) is 41.6 Å². The van der Waals surface area contributed by atoms with Gasteiger partial charge in [-0.15, -0.1) is 0 Å². The second kappa shape index (κ2) is 8.16. The highest BCUT2D eigenvalue weighted by molar-refractivity contribution is 5.44. The molecular formula is C19H27N5O. The lowest BCUT2D eigenvalue weighted by Crippen LogP contribution is -2.45. The van der Waals surface area contributed by atoms with Crippen molar-refractivity contribution in [2.45, 2.75) is 13.3 Å². The van der Waals surface area contributed by atoms with Gasteiger partial charge in [-0.1, -0.05) is 12.1 Å². The van der Waals surface area contributed by atoms with Crippen LogP contribution in [0.2, 0.25) is 0 Å². The smallest absolute Gasteiger partial charge is 0.227 e. The molecule has 2 heterocycles. The Kier molecular flexibility index (Phi) is 5.71. The molecule has 6 heteroatoms. The Hall–Kier alpha value is -2.34. The molecular weight excluding hydrogens is 314 g/mol. The number of methoxy groups -OCH3 is 1. The average molecular weight is 341 g/mol. The van der Waals surface area contributed by atoms with Crippen LogP contribution in [-0.4, -0.2) is 61.7 Å². The largest absolute Gasteiger partial charge is 0.497 e. The lowest BCUT2D eigenvalue weighted by molar-refractivity contribution is 0.311. The number of nitrogens with one attached hydrogen (secondary N) is 1. The summed E-state index contributed by atoms with van der Waals surface area (Å²) < 4.78 is 5.19. The number of nitrogens with zero attached hydrogens (tertiary/aromatic N) is 4. The predicted octanol–water partition coefficient (Wildman–Crippen LogP) is 2.20. The molecule has 25 heavy (non-hydrogen) atoms. The summed E-state index contributed by atoms with van der Waals surface area (Å²) in [6.45, 7) is 6.92. The van der Waals surface area contributed by atoms with Crippen molar-refractivity contribution in [3.63, 3.8) is 0 Å². The van der Waals surface area contributed by atoms with Crippen LogP contribution in [-0.2, 0) is 6.42 Å². The second-order valence-electron chi connectivity index (χ2n) is 6.51. The van der Waals surface area contributed by atoms with Crippen LogP contribution in [0.1, 0.15) is 11.3 Å². The zero-order chi connectivity index (χ0) is 17.6. The first-order valence-electron chi connectivity index (χ1n) is 8.80. The molecule has 1 aromatic carbocycles. The summed E-state index contributed by atoms with van der Waals surface area (Å²) in [6.07, 6.45) is 0.941. The zero-order valence-electron chi connectivity index (χ0n) is 15.3. The molecule has 1 fully saturated rings. The highest BCUT2D eigenvalue weighted by Gasteiger charge is 2.17. The van der Waals surface area contributed by atoms with E-state index in [9.17, 15) is 0 Å². The van der Waals surface area contributed by atoms with Gasteiger partial charge >= 0.3 is 0 Å². The minimum Gasteiger partial charge on any atom is -0.497 e. The molecule has 1 saturated heterocycles. The number of hydrogen-bond donors (Lipinski definition) is 1. The molecule has 3 rings (SSSR count). The van der Waals surface area contributed by atoms with Crippen LogP contribution in [0.25, 0.3) is 0 Å². The lowest BCUT2D eigenvalue weighted by Gasteiger charge is -2.32. The third-order valence-corrected chi connectivity index (χ3v) is 4.51. The minimum absolute atomic E-state index is 0.833. The summed E-state index contributed by atoms with van der Waals surface area (Å²) >= 11 is 0. The van der Waals surface area contributed by atoms with Crippen LogP contribution in [0.4, 0.5) is 11.8 Å². The summed E-state index contributed by atoms with van der Waals surface area (Å²) in [5.41, 5.74) is 2.27. The van der Waals surface area contributed by atoms with Gasteiger partial charge in [-0.05, 0) is 38.1 Å². The Morgan fingerprint density at radius 1 is 1.08 bits per heavy atom. The van der Waals surface area contributed by atoms with Crippen molar-refractivity contribution >= 4 is 11.8 Å². The van der Waals surface area contributed by atoms with E-state index in [0.717, 1.165) is 62.4 Å². The van der Waals surface area contributed by atoms with E-state index in [4.69, 9.17) is 9.72 Å². The maximum absolute atomic E-state index is 5.19. The van der Waals surface area contributed by atoms with E-state index in [0.29, 0.717) is 0 Å². The van der Waals surface area contributed by atoms with E-state index in [-0.39, 0.29) is 0 Å². The molecule has 0 spiro atoms. The molecule has 2 aromatic rings. The fraction of sp³-hybridized carbons (Fsp3) is 0.474. The topological polar surface area (TPSA) is 53.5 Å². The van der Waals surface area contributed by atoms with Gasteiger partial charge in [-0.3, -0.25) is 0 Å². The van der Waals surface area contributed by atoms with Crippen LogP contribution in [0.3, 0.4) is 0 Å². The summed E-state index contributed by atoms with van der Waals surface area (Å²) in [5.74, 6) is 2.62. The molecule has 0 aliphatic carbocycles. The van der Waals surface area contributed by atoms with Gasteiger partial charge in [-0.2, -0.15) is 4.98 Å². The first-order valence-corrected chi connectivity index (χ1v) is 8.80. The minimum atomic E-state index is 0.833. The van der Waals surface area contributed by atoms with E-state index in [2.05, 4.69) is 39.3 Å². The van der Waals surface area contributed by atoms with E-state index in [1.807, 2.05) is 25.1 Å². The summed E-state index contributed by atoms with van der Waals surface area (Å²) in [6, 6.07) is 10.2. The van der Waals surface area contributed by atoms with Crippen molar-refractivity contribution in [1.82, 2.24) is 14.9 Å². The van der Waals surface area contributed by atoms with Crippen LogP contribution in [0.15, 0.2) is 30.3 Å². The standard InChI is InChI=1S/C19H27N5O/c1-15-14-18(20-9-8-16-4-6-17(25-3)7-5-16)22-19(21-15)24-12-10-23(2)11-13-24/h4-7,14H,8-13H2,1-3H3,(H,20,21,22). The van der Waals surface area contributed by atoms with Gasteiger partial charge in [0.2, 0.25) is 5.95 Å². The van der Waals surface area contributed by atoms with Crippen molar-refractivity contribution in [1.29, 1.82) is 0 Å². The van der Waals surface area contributed by atoms with Crippen LogP contribution in [0.5, 0.6) is 5.75 Å². The molecule has 0 saturated carbocycles. The first kappa shape index (κ1) is 17.5. The van der Waals surface area contributed by atoms with Crippen molar-refractivity contribution in [2.75, 3.05) is 57.1 Å². The van der Waals surface area contributed by atoms with Crippen LogP contribution in [0, 0.1) is 6.92 Å². The first-order chi connectivity index (χ1) is 12.1. The van der Waals surface area contributed by atoms with Gasteiger partial charge in [-0.25, -0.2) is 4.98 Å². The SMILES string of the molecule is COc1ccc(CCNc2cc(C)nc(N3CCN(C)CC3)n2)cc1. The Bertz CT molecular complexity index is 681. The van der Waals surface area contributed by atoms with Crippen LogP contribution >= 0.6 is 0 Å². The number of benzene rings is 1. The van der Waals surface area contributed by atoms with Gasteiger partial charge in [0.1, 0.15) is 11.6 Å². The molecule has 0 amide bonds. The van der Waals surface area contributed by atoms with E-state index in [1.165, 1.54) is 5.56 Å². The molecule has 6 nitrogen and oxygen atoms in total. The lowest BCUT2D eigenvalue weighted by atomic mass is 10.1. The Morgan fingerprint density at radius 2 is 1.80 bits per heavy atom. The number of aromatic nitrogens is 2. The van der Waals surface area contributed by atoms with E-state index < -0.39 is 0 Å². The molecule has 1 N–H and O–H groups in total. The van der Waals surface area contributed by atoms with Gasteiger partial charge in [0.15, 0.2) is 0 Å². The summed E-state index contributed by atoms with van der Waals surface area (Å²) in [7, 11) is 3.84. The maximum Gasteiger partial charge on any atom is 0.227 e. The number of likely N-dealkylation sites (N-methyl/N-ethyl adjacent to an activating group) is 1. The van der Waals surface area contributed by atoms with Gasteiger partial charge in [0.25, 0.3) is 0 Å². The highest BCUT2D eigenvalue weighted by atomic mass is 16.5. The van der Waals surface area contributed by atoms with Crippen LogP contribution < -0.4 is 15.0 Å². The third-order valence-electron chi connectivity index (χ3n) is 4.51. The fourth-order valence-corrected chi connectivity index (χ4v) is 2.92. The second-order valence-corrected chi connectivity index (χ2v) is 6.51. The molecule has 1 aliphatic heterocycles.